The largest absolute Gasteiger partial charge is 0.351 e. The van der Waals surface area contributed by atoms with Gasteiger partial charge in [-0.3, -0.25) is 4.79 Å². The summed E-state index contributed by atoms with van der Waals surface area (Å²) < 4.78 is 27.4. The van der Waals surface area contributed by atoms with Gasteiger partial charge in [-0.05, 0) is 47.1 Å². The van der Waals surface area contributed by atoms with E-state index >= 15 is 0 Å². The molecule has 138 valence electrons. The van der Waals surface area contributed by atoms with E-state index in [-0.39, 0.29) is 17.2 Å². The molecule has 2 unspecified atom stereocenters. The van der Waals surface area contributed by atoms with Crippen LogP contribution >= 0.6 is 0 Å². The van der Waals surface area contributed by atoms with Gasteiger partial charge >= 0.3 is 0 Å². The molecule has 1 amide bonds. The molecule has 0 heterocycles. The van der Waals surface area contributed by atoms with Crippen molar-refractivity contribution in [1.29, 1.82) is 0 Å². The van der Waals surface area contributed by atoms with Gasteiger partial charge in [0.05, 0.1) is 0 Å². The zero-order valence-electron chi connectivity index (χ0n) is 15.7. The third kappa shape index (κ3) is 3.50. The smallest absolute Gasteiger partial charge is 0.251 e. The molecule has 1 aliphatic rings. The van der Waals surface area contributed by atoms with Crippen molar-refractivity contribution in [3.8, 4) is 0 Å². The molecule has 0 aliphatic heterocycles. The first kappa shape index (κ1) is 18.6. The van der Waals surface area contributed by atoms with Crippen molar-refractivity contribution in [3.05, 3.63) is 70.8 Å². The summed E-state index contributed by atoms with van der Waals surface area (Å²) in [5.74, 6) is -1.06. The van der Waals surface area contributed by atoms with Crippen LogP contribution in [0.3, 0.4) is 0 Å². The van der Waals surface area contributed by atoms with Gasteiger partial charge < -0.3 is 5.32 Å². The molecule has 26 heavy (non-hydrogen) atoms. The monoisotopic (exact) mass is 357 g/mol. The molecule has 0 bridgehead atoms. The Hall–Kier alpha value is -2.23. The lowest BCUT2D eigenvalue weighted by molar-refractivity contribution is 0.0948. The summed E-state index contributed by atoms with van der Waals surface area (Å²) in [7, 11) is 0. The Balaban J connectivity index is 1.72. The third-order valence-corrected chi connectivity index (χ3v) is 5.50. The van der Waals surface area contributed by atoms with Crippen molar-refractivity contribution in [2.75, 3.05) is 6.54 Å². The summed E-state index contributed by atoms with van der Waals surface area (Å²) in [6.45, 7) is 8.73. The predicted octanol–water partition coefficient (Wildman–Crippen LogP) is 4.97. The lowest BCUT2D eigenvalue weighted by Crippen LogP contribution is -2.33. The summed E-state index contributed by atoms with van der Waals surface area (Å²) in [5, 5.41) is 2.93. The fourth-order valence-corrected chi connectivity index (χ4v) is 3.56. The molecule has 0 radical (unpaired) electrons. The minimum Gasteiger partial charge on any atom is -0.351 e. The Morgan fingerprint density at radius 1 is 1.15 bits per heavy atom. The van der Waals surface area contributed by atoms with Gasteiger partial charge in [-0.2, -0.15) is 0 Å². The Morgan fingerprint density at radius 2 is 1.77 bits per heavy atom. The molecule has 2 atom stereocenters. The van der Waals surface area contributed by atoms with E-state index in [0.29, 0.717) is 17.7 Å². The highest BCUT2D eigenvalue weighted by molar-refractivity contribution is 5.94. The van der Waals surface area contributed by atoms with Crippen LogP contribution < -0.4 is 5.32 Å². The number of benzene rings is 2. The Morgan fingerprint density at radius 3 is 2.27 bits per heavy atom. The molecule has 4 heteroatoms. The molecule has 1 N–H and O–H groups in total. The average molecular weight is 357 g/mol. The zero-order chi connectivity index (χ0) is 19.1. The van der Waals surface area contributed by atoms with Gasteiger partial charge in [0.2, 0.25) is 0 Å². The first-order valence-electron chi connectivity index (χ1n) is 8.98. The van der Waals surface area contributed by atoms with Gasteiger partial charge in [0, 0.05) is 23.6 Å². The number of hydrogen-bond acceptors (Lipinski definition) is 1. The maximum absolute atomic E-state index is 14.2. The van der Waals surface area contributed by atoms with Crippen LogP contribution in [0, 0.1) is 17.6 Å². The predicted molar refractivity (Wildman–Crippen MR) is 99.3 cm³/mol. The Labute approximate surface area is 153 Å². The van der Waals surface area contributed by atoms with Crippen molar-refractivity contribution in [3.63, 3.8) is 0 Å². The second-order valence-electron chi connectivity index (χ2n) is 8.40. The summed E-state index contributed by atoms with van der Waals surface area (Å²) in [6.07, 6.45) is 0.777. The lowest BCUT2D eigenvalue weighted by atomic mass is 9.86. The number of rotatable bonds is 4. The summed E-state index contributed by atoms with van der Waals surface area (Å²) in [6, 6.07) is 11.2. The SMILES string of the molecule is CC1CC1(CNC(=O)c1ccc(C(C)(C)C)cc1)c1ccc(F)cc1F. The number of carbonyl (C=O) groups is 1. The average Bonchev–Trinajstić information content (AvgIpc) is 3.22. The van der Waals surface area contributed by atoms with Crippen molar-refractivity contribution in [1.82, 2.24) is 5.32 Å². The van der Waals surface area contributed by atoms with E-state index in [1.54, 1.807) is 0 Å². The van der Waals surface area contributed by atoms with Crippen LogP contribution in [0.5, 0.6) is 0 Å². The molecule has 1 fully saturated rings. The van der Waals surface area contributed by atoms with Crippen LogP contribution in [-0.4, -0.2) is 12.5 Å². The Bertz CT molecular complexity index is 823. The van der Waals surface area contributed by atoms with Gasteiger partial charge in [-0.15, -0.1) is 0 Å². The molecule has 3 rings (SSSR count). The van der Waals surface area contributed by atoms with Gasteiger partial charge in [0.15, 0.2) is 0 Å². The highest BCUT2D eigenvalue weighted by Gasteiger charge is 2.53. The minimum absolute atomic E-state index is 0.0304. The molecular weight excluding hydrogens is 332 g/mol. The third-order valence-electron chi connectivity index (χ3n) is 5.50. The standard InChI is InChI=1S/C22H25F2NO/c1-14-12-22(14,18-10-9-17(23)11-19(18)24)13-25-20(26)15-5-7-16(8-6-15)21(2,3)4/h5-11,14H,12-13H2,1-4H3,(H,25,26). The van der Waals surface area contributed by atoms with E-state index in [4.69, 9.17) is 0 Å². The second kappa shape index (κ2) is 6.49. The fourth-order valence-electron chi connectivity index (χ4n) is 3.56. The Kier molecular flexibility index (Phi) is 4.63. The number of amides is 1. The highest BCUT2D eigenvalue weighted by Crippen LogP contribution is 2.54. The maximum atomic E-state index is 14.2. The van der Waals surface area contributed by atoms with Crippen LogP contribution in [0.1, 0.15) is 55.6 Å². The van der Waals surface area contributed by atoms with E-state index in [2.05, 4.69) is 26.1 Å². The fraction of sp³-hybridized carbons (Fsp3) is 0.409. The van der Waals surface area contributed by atoms with Gasteiger partial charge in [-0.25, -0.2) is 8.78 Å². The van der Waals surface area contributed by atoms with Crippen LogP contribution in [0.25, 0.3) is 0 Å². The summed E-state index contributed by atoms with van der Waals surface area (Å²) in [5.41, 5.74) is 1.81. The molecule has 0 spiro atoms. The number of nitrogens with one attached hydrogen (secondary N) is 1. The highest BCUT2D eigenvalue weighted by atomic mass is 19.1. The van der Waals surface area contributed by atoms with Gasteiger partial charge in [0.1, 0.15) is 11.6 Å². The van der Waals surface area contributed by atoms with E-state index in [0.717, 1.165) is 18.1 Å². The van der Waals surface area contributed by atoms with E-state index in [1.165, 1.54) is 12.1 Å². The summed E-state index contributed by atoms with van der Waals surface area (Å²) >= 11 is 0. The van der Waals surface area contributed by atoms with Gasteiger partial charge in [0.25, 0.3) is 5.91 Å². The normalized spacial score (nSPS) is 22.2. The van der Waals surface area contributed by atoms with Crippen molar-refractivity contribution < 1.29 is 13.6 Å². The molecule has 2 aromatic rings. The van der Waals surface area contributed by atoms with E-state index < -0.39 is 17.0 Å². The van der Waals surface area contributed by atoms with Crippen LogP contribution in [-0.2, 0) is 10.8 Å². The lowest BCUT2D eigenvalue weighted by Gasteiger charge is -2.20. The summed E-state index contributed by atoms with van der Waals surface area (Å²) in [4.78, 5) is 12.5. The van der Waals surface area contributed by atoms with Crippen molar-refractivity contribution in [2.24, 2.45) is 5.92 Å². The zero-order valence-corrected chi connectivity index (χ0v) is 15.7. The minimum atomic E-state index is -0.585. The molecule has 2 nitrogen and oxygen atoms in total. The van der Waals surface area contributed by atoms with Gasteiger partial charge in [-0.1, -0.05) is 45.9 Å². The topological polar surface area (TPSA) is 29.1 Å². The molecule has 1 aliphatic carbocycles. The first-order chi connectivity index (χ1) is 12.1. The van der Waals surface area contributed by atoms with Crippen molar-refractivity contribution >= 4 is 5.91 Å². The quantitative estimate of drug-likeness (QED) is 0.822. The number of carbonyl (C=O) groups excluding carboxylic acids is 1. The van der Waals surface area contributed by atoms with Crippen LogP contribution in [0.4, 0.5) is 8.78 Å². The maximum Gasteiger partial charge on any atom is 0.251 e. The van der Waals surface area contributed by atoms with Crippen LogP contribution in [0.15, 0.2) is 42.5 Å². The molecule has 1 saturated carbocycles. The second-order valence-corrected chi connectivity index (χ2v) is 8.40. The molecular formula is C22H25F2NO. The van der Waals surface area contributed by atoms with E-state index in [1.807, 2.05) is 31.2 Å². The molecule has 0 aromatic heterocycles. The molecule has 0 saturated heterocycles. The first-order valence-corrected chi connectivity index (χ1v) is 8.98. The van der Waals surface area contributed by atoms with Crippen molar-refractivity contribution in [2.45, 2.75) is 44.9 Å². The van der Waals surface area contributed by atoms with Crippen LogP contribution in [0.2, 0.25) is 0 Å². The number of hydrogen-bond donors (Lipinski definition) is 1. The van der Waals surface area contributed by atoms with E-state index in [9.17, 15) is 13.6 Å². The number of halogens is 2. The molecule has 2 aromatic carbocycles.